The van der Waals surface area contributed by atoms with E-state index in [2.05, 4.69) is 15.6 Å². The maximum atomic E-state index is 12.9. The summed E-state index contributed by atoms with van der Waals surface area (Å²) in [4.78, 5) is 11.8. The Kier molecular flexibility index (Phi) is 3.81. The van der Waals surface area contributed by atoms with Crippen molar-refractivity contribution in [2.45, 2.75) is 6.54 Å². The van der Waals surface area contributed by atoms with E-state index in [4.69, 9.17) is 5.73 Å². The highest BCUT2D eigenvalue weighted by Gasteiger charge is 2.12. The molecule has 1 aromatic heterocycles. The van der Waals surface area contributed by atoms with Crippen LogP contribution < -0.4 is 11.1 Å². The predicted octanol–water partition coefficient (Wildman–Crippen LogP) is 0.767. The fourth-order valence-electron chi connectivity index (χ4n) is 1.47. The lowest BCUT2D eigenvalue weighted by atomic mass is 10.3. The van der Waals surface area contributed by atoms with Gasteiger partial charge in [-0.25, -0.2) is 8.78 Å². The summed E-state index contributed by atoms with van der Waals surface area (Å²) in [5, 5.41) is 9.64. The number of carbonyl (C=O) groups is 1. The van der Waals surface area contributed by atoms with Gasteiger partial charge in [0.05, 0.1) is 12.7 Å². The Bertz CT molecular complexity index is 578. The maximum absolute atomic E-state index is 12.9. The number of hydrogen-bond acceptors (Lipinski definition) is 4. The van der Waals surface area contributed by atoms with Gasteiger partial charge in [-0.05, 0) is 12.1 Å². The Morgan fingerprint density at radius 2 is 2.00 bits per heavy atom. The smallest absolute Gasteiger partial charge is 0.277 e. The lowest BCUT2D eigenvalue weighted by Crippen LogP contribution is -2.13. The summed E-state index contributed by atoms with van der Waals surface area (Å²) >= 11 is 0. The van der Waals surface area contributed by atoms with Crippen molar-refractivity contribution in [3.05, 3.63) is 41.7 Å². The van der Waals surface area contributed by atoms with Crippen molar-refractivity contribution in [1.82, 2.24) is 15.0 Å². The summed E-state index contributed by atoms with van der Waals surface area (Å²) in [5.41, 5.74) is 5.38. The molecule has 0 saturated carbocycles. The van der Waals surface area contributed by atoms with Gasteiger partial charge in [0.15, 0.2) is 5.69 Å². The molecule has 0 aliphatic carbocycles. The van der Waals surface area contributed by atoms with Crippen LogP contribution in [0.5, 0.6) is 0 Å². The van der Waals surface area contributed by atoms with Crippen LogP contribution in [0.25, 0.3) is 0 Å². The monoisotopic (exact) mass is 267 g/mol. The molecule has 0 aliphatic heterocycles. The summed E-state index contributed by atoms with van der Waals surface area (Å²) in [7, 11) is 0. The van der Waals surface area contributed by atoms with Crippen molar-refractivity contribution in [1.29, 1.82) is 0 Å². The van der Waals surface area contributed by atoms with E-state index in [0.717, 1.165) is 12.1 Å². The van der Waals surface area contributed by atoms with E-state index < -0.39 is 17.5 Å². The minimum Gasteiger partial charge on any atom is -0.329 e. The molecule has 19 heavy (non-hydrogen) atoms. The van der Waals surface area contributed by atoms with Crippen LogP contribution >= 0.6 is 0 Å². The number of rotatable bonds is 4. The molecule has 3 N–H and O–H groups in total. The van der Waals surface area contributed by atoms with Crippen LogP contribution in [0, 0.1) is 11.6 Å². The summed E-state index contributed by atoms with van der Waals surface area (Å²) in [6.45, 7) is 0.786. The number of anilines is 1. The topological polar surface area (TPSA) is 85.8 Å². The normalized spacial score (nSPS) is 10.5. The summed E-state index contributed by atoms with van der Waals surface area (Å²) in [6.07, 6.45) is 1.40. The predicted molar refractivity (Wildman–Crippen MR) is 63.4 cm³/mol. The van der Waals surface area contributed by atoms with Crippen LogP contribution in [0.2, 0.25) is 0 Å². The molecule has 1 aromatic carbocycles. The van der Waals surface area contributed by atoms with Crippen LogP contribution in [-0.2, 0) is 6.54 Å². The Balaban J connectivity index is 2.11. The van der Waals surface area contributed by atoms with Gasteiger partial charge >= 0.3 is 0 Å². The zero-order valence-electron chi connectivity index (χ0n) is 9.81. The molecule has 1 amide bonds. The molecule has 0 atom stereocenters. The average molecular weight is 267 g/mol. The van der Waals surface area contributed by atoms with E-state index in [1.54, 1.807) is 0 Å². The molecule has 6 nitrogen and oxygen atoms in total. The first-order valence-corrected chi connectivity index (χ1v) is 5.46. The highest BCUT2D eigenvalue weighted by atomic mass is 19.1. The van der Waals surface area contributed by atoms with Crippen molar-refractivity contribution in [2.24, 2.45) is 5.73 Å². The standard InChI is InChI=1S/C11H11F2N5O/c12-7-3-8(13)5-9(4-7)15-11(19)10-6-18(2-1-14)17-16-10/h3-6H,1-2,14H2,(H,15,19). The Labute approximate surface area is 107 Å². The number of hydrogen-bond donors (Lipinski definition) is 2. The van der Waals surface area contributed by atoms with Gasteiger partial charge in [0, 0.05) is 18.3 Å². The molecular weight excluding hydrogens is 256 g/mol. The second kappa shape index (κ2) is 5.53. The van der Waals surface area contributed by atoms with E-state index in [0.29, 0.717) is 19.2 Å². The van der Waals surface area contributed by atoms with Gasteiger partial charge in [0.2, 0.25) is 0 Å². The van der Waals surface area contributed by atoms with Gasteiger partial charge in [-0.15, -0.1) is 5.10 Å². The van der Waals surface area contributed by atoms with Crippen molar-refractivity contribution in [3.8, 4) is 0 Å². The molecule has 0 bridgehead atoms. The third-order valence-corrected chi connectivity index (χ3v) is 2.25. The molecule has 8 heteroatoms. The third kappa shape index (κ3) is 3.32. The number of nitrogens with two attached hydrogens (primary N) is 1. The number of carbonyl (C=O) groups excluding carboxylic acids is 1. The van der Waals surface area contributed by atoms with E-state index >= 15 is 0 Å². The minimum atomic E-state index is -0.776. The highest BCUT2D eigenvalue weighted by Crippen LogP contribution is 2.13. The minimum absolute atomic E-state index is 0.0101. The summed E-state index contributed by atoms with van der Waals surface area (Å²) < 4.78 is 27.3. The zero-order valence-corrected chi connectivity index (χ0v) is 9.81. The number of benzene rings is 1. The molecule has 0 unspecified atom stereocenters. The lowest BCUT2D eigenvalue weighted by molar-refractivity contribution is 0.102. The first-order chi connectivity index (χ1) is 9.08. The van der Waals surface area contributed by atoms with E-state index in [1.165, 1.54) is 10.9 Å². The largest absolute Gasteiger partial charge is 0.329 e. The van der Waals surface area contributed by atoms with Gasteiger partial charge in [-0.1, -0.05) is 5.21 Å². The molecule has 2 aromatic rings. The van der Waals surface area contributed by atoms with Gasteiger partial charge in [-0.2, -0.15) is 0 Å². The molecule has 0 spiro atoms. The molecule has 1 heterocycles. The van der Waals surface area contributed by atoms with E-state index in [-0.39, 0.29) is 11.4 Å². The van der Waals surface area contributed by atoms with Crippen molar-refractivity contribution >= 4 is 11.6 Å². The summed E-state index contributed by atoms with van der Waals surface area (Å²) in [5.74, 6) is -2.16. The number of halogens is 2. The van der Waals surface area contributed by atoms with Crippen LogP contribution in [0.1, 0.15) is 10.5 Å². The van der Waals surface area contributed by atoms with Gasteiger partial charge < -0.3 is 11.1 Å². The first-order valence-electron chi connectivity index (χ1n) is 5.46. The highest BCUT2D eigenvalue weighted by molar-refractivity contribution is 6.02. The van der Waals surface area contributed by atoms with Gasteiger partial charge in [0.1, 0.15) is 11.6 Å². The van der Waals surface area contributed by atoms with E-state index in [1.807, 2.05) is 0 Å². The second-order valence-corrected chi connectivity index (χ2v) is 3.77. The molecule has 0 radical (unpaired) electrons. The molecule has 0 fully saturated rings. The van der Waals surface area contributed by atoms with Crippen molar-refractivity contribution in [2.75, 3.05) is 11.9 Å². The van der Waals surface area contributed by atoms with Crippen LogP contribution in [0.3, 0.4) is 0 Å². The van der Waals surface area contributed by atoms with E-state index in [9.17, 15) is 13.6 Å². The average Bonchev–Trinajstić information content (AvgIpc) is 2.76. The molecule has 0 aliphatic rings. The van der Waals surface area contributed by atoms with Gasteiger partial charge in [0.25, 0.3) is 5.91 Å². The van der Waals surface area contributed by atoms with Gasteiger partial charge in [-0.3, -0.25) is 9.48 Å². The lowest BCUT2D eigenvalue weighted by Gasteiger charge is -2.03. The van der Waals surface area contributed by atoms with Crippen molar-refractivity contribution < 1.29 is 13.6 Å². The maximum Gasteiger partial charge on any atom is 0.277 e. The molecule has 100 valence electrons. The van der Waals surface area contributed by atoms with Crippen LogP contribution in [0.15, 0.2) is 24.4 Å². The molecule has 0 saturated heterocycles. The number of nitrogens with one attached hydrogen (secondary N) is 1. The summed E-state index contributed by atoms with van der Waals surface area (Å²) in [6, 6.07) is 2.73. The number of aromatic nitrogens is 3. The number of amides is 1. The Morgan fingerprint density at radius 3 is 2.63 bits per heavy atom. The fraction of sp³-hybridized carbons (Fsp3) is 0.182. The van der Waals surface area contributed by atoms with Crippen LogP contribution in [0.4, 0.5) is 14.5 Å². The zero-order chi connectivity index (χ0) is 13.8. The Morgan fingerprint density at radius 1 is 1.32 bits per heavy atom. The molecular formula is C11H11F2N5O. The third-order valence-electron chi connectivity index (χ3n) is 2.25. The molecule has 2 rings (SSSR count). The second-order valence-electron chi connectivity index (χ2n) is 3.77. The number of nitrogens with zero attached hydrogens (tertiary/aromatic N) is 3. The van der Waals surface area contributed by atoms with Crippen LogP contribution in [-0.4, -0.2) is 27.4 Å². The first kappa shape index (κ1) is 13.1. The Hall–Kier alpha value is -2.35. The quantitative estimate of drug-likeness (QED) is 0.856. The van der Waals surface area contributed by atoms with Crippen molar-refractivity contribution in [3.63, 3.8) is 0 Å². The fourth-order valence-corrected chi connectivity index (χ4v) is 1.47. The SMILES string of the molecule is NCCn1cc(C(=O)Nc2cc(F)cc(F)c2)nn1.